The number of anilines is 3. The Balaban J connectivity index is 1.34. The zero-order valence-electron chi connectivity index (χ0n) is 16.2. The molecule has 2 aromatic heterocycles. The Morgan fingerprint density at radius 1 is 0.933 bits per heavy atom. The summed E-state index contributed by atoms with van der Waals surface area (Å²) in [6, 6.07) is 18.0. The van der Waals surface area contributed by atoms with Crippen LogP contribution in [-0.2, 0) is 4.74 Å². The van der Waals surface area contributed by atoms with Crippen molar-refractivity contribution in [1.29, 1.82) is 0 Å². The van der Waals surface area contributed by atoms with E-state index in [1.54, 1.807) is 6.20 Å². The second kappa shape index (κ2) is 8.26. The Labute approximate surface area is 173 Å². The number of benzene rings is 2. The minimum atomic E-state index is 0.538. The molecule has 0 atom stereocenters. The van der Waals surface area contributed by atoms with Crippen molar-refractivity contribution in [2.45, 2.75) is 0 Å². The van der Waals surface area contributed by atoms with Crippen molar-refractivity contribution in [3.63, 3.8) is 0 Å². The molecule has 0 unspecified atom stereocenters. The lowest BCUT2D eigenvalue weighted by molar-refractivity contribution is 0.122. The first kappa shape index (κ1) is 18.2. The first-order valence-corrected chi connectivity index (χ1v) is 9.72. The lowest BCUT2D eigenvalue weighted by Crippen LogP contribution is -2.36. The van der Waals surface area contributed by atoms with Gasteiger partial charge in [0.1, 0.15) is 0 Å². The molecule has 5 rings (SSSR count). The van der Waals surface area contributed by atoms with E-state index >= 15 is 0 Å². The molecule has 0 amide bonds. The first-order chi connectivity index (χ1) is 14.8. The van der Waals surface area contributed by atoms with E-state index < -0.39 is 0 Å². The molecule has 1 aliphatic rings. The Hall–Kier alpha value is -3.85. The minimum Gasteiger partial charge on any atom is -0.378 e. The summed E-state index contributed by atoms with van der Waals surface area (Å²) in [5, 5.41) is 14.9. The van der Waals surface area contributed by atoms with Gasteiger partial charge in [0.25, 0.3) is 0 Å². The van der Waals surface area contributed by atoms with E-state index in [0.29, 0.717) is 5.95 Å². The van der Waals surface area contributed by atoms with Gasteiger partial charge in [-0.2, -0.15) is 0 Å². The fourth-order valence-corrected chi connectivity index (χ4v) is 3.36. The van der Waals surface area contributed by atoms with E-state index in [4.69, 9.17) is 9.72 Å². The third-order valence-corrected chi connectivity index (χ3v) is 4.88. The SMILES string of the molecule is c1cc(-c2ccnc(Nc3ccc(-n4ncnn4)cc3)n2)cc(N2CCOCC2)c1. The highest BCUT2D eigenvalue weighted by Crippen LogP contribution is 2.25. The van der Waals surface area contributed by atoms with Crippen LogP contribution in [0.15, 0.2) is 67.1 Å². The van der Waals surface area contributed by atoms with E-state index in [1.165, 1.54) is 16.8 Å². The summed E-state index contributed by atoms with van der Waals surface area (Å²) in [6.07, 6.45) is 3.17. The summed E-state index contributed by atoms with van der Waals surface area (Å²) < 4.78 is 5.45. The number of hydrogen-bond acceptors (Lipinski definition) is 8. The number of tetrazole rings is 1. The molecule has 1 saturated heterocycles. The van der Waals surface area contributed by atoms with E-state index in [9.17, 15) is 0 Å². The Kier molecular flexibility index (Phi) is 5.01. The van der Waals surface area contributed by atoms with Gasteiger partial charge in [-0.1, -0.05) is 12.1 Å². The summed E-state index contributed by atoms with van der Waals surface area (Å²) in [7, 11) is 0. The maximum atomic E-state index is 5.45. The van der Waals surface area contributed by atoms with Gasteiger partial charge in [0.05, 0.1) is 24.6 Å². The van der Waals surface area contributed by atoms with Crippen molar-refractivity contribution < 1.29 is 4.74 Å². The highest BCUT2D eigenvalue weighted by Gasteiger charge is 2.12. The van der Waals surface area contributed by atoms with Gasteiger partial charge in [0.2, 0.25) is 5.95 Å². The maximum absolute atomic E-state index is 5.45. The van der Waals surface area contributed by atoms with Crippen LogP contribution in [0.1, 0.15) is 0 Å². The second-order valence-corrected chi connectivity index (χ2v) is 6.81. The van der Waals surface area contributed by atoms with Crippen molar-refractivity contribution in [3.05, 3.63) is 67.1 Å². The van der Waals surface area contributed by atoms with Crippen LogP contribution in [0.25, 0.3) is 16.9 Å². The third kappa shape index (κ3) is 3.96. The van der Waals surface area contributed by atoms with Crippen LogP contribution in [0, 0.1) is 0 Å². The van der Waals surface area contributed by atoms with Gasteiger partial charge in [-0.3, -0.25) is 0 Å². The Morgan fingerprint density at radius 3 is 2.60 bits per heavy atom. The molecule has 0 bridgehead atoms. The van der Waals surface area contributed by atoms with E-state index in [2.05, 4.69) is 54.9 Å². The maximum Gasteiger partial charge on any atom is 0.227 e. The van der Waals surface area contributed by atoms with Gasteiger partial charge in [-0.25, -0.2) is 9.97 Å². The summed E-state index contributed by atoms with van der Waals surface area (Å²) >= 11 is 0. The van der Waals surface area contributed by atoms with Crippen molar-refractivity contribution in [2.24, 2.45) is 0 Å². The summed E-state index contributed by atoms with van der Waals surface area (Å²) in [5.41, 5.74) is 4.80. The molecular weight excluding hydrogens is 380 g/mol. The normalized spacial score (nSPS) is 13.9. The number of morpholine rings is 1. The molecule has 9 heteroatoms. The Morgan fingerprint density at radius 2 is 1.80 bits per heavy atom. The molecule has 9 nitrogen and oxygen atoms in total. The number of nitrogens with one attached hydrogen (secondary N) is 1. The molecule has 0 saturated carbocycles. The van der Waals surface area contributed by atoms with Crippen molar-refractivity contribution in [3.8, 4) is 16.9 Å². The highest BCUT2D eigenvalue weighted by atomic mass is 16.5. The predicted octanol–water partition coefficient (Wildman–Crippen LogP) is 2.70. The van der Waals surface area contributed by atoms with Gasteiger partial charge in [0, 0.05) is 36.2 Å². The van der Waals surface area contributed by atoms with Gasteiger partial charge in [0.15, 0.2) is 6.33 Å². The van der Waals surface area contributed by atoms with Crippen molar-refractivity contribution in [1.82, 2.24) is 30.2 Å². The zero-order valence-corrected chi connectivity index (χ0v) is 16.2. The van der Waals surface area contributed by atoms with Crippen LogP contribution in [0.3, 0.4) is 0 Å². The molecular formula is C21H20N8O. The molecule has 0 spiro atoms. The average molecular weight is 400 g/mol. The van der Waals surface area contributed by atoms with Crippen LogP contribution in [0.4, 0.5) is 17.3 Å². The van der Waals surface area contributed by atoms with Crippen molar-refractivity contribution >= 4 is 17.3 Å². The zero-order chi connectivity index (χ0) is 20.2. The fourth-order valence-electron chi connectivity index (χ4n) is 3.36. The minimum absolute atomic E-state index is 0.538. The van der Waals surface area contributed by atoms with Crippen LogP contribution in [-0.4, -0.2) is 56.5 Å². The van der Waals surface area contributed by atoms with Gasteiger partial charge >= 0.3 is 0 Å². The molecule has 2 aromatic carbocycles. The second-order valence-electron chi connectivity index (χ2n) is 6.81. The van der Waals surface area contributed by atoms with Gasteiger partial charge in [-0.15, -0.1) is 15.0 Å². The molecule has 3 heterocycles. The van der Waals surface area contributed by atoms with Crippen molar-refractivity contribution in [2.75, 3.05) is 36.5 Å². The number of nitrogens with zero attached hydrogens (tertiary/aromatic N) is 7. The summed E-state index contributed by atoms with van der Waals surface area (Å²) in [5.74, 6) is 0.538. The monoisotopic (exact) mass is 400 g/mol. The molecule has 30 heavy (non-hydrogen) atoms. The standard InChI is InChI=1S/C21H20N8O/c1-2-16(14-19(3-1)28-10-12-30-13-11-28)20-8-9-22-21(26-20)25-17-4-6-18(7-5-17)29-24-15-23-27-29/h1-9,14-15H,10-13H2,(H,22,25,26). The quantitative estimate of drug-likeness (QED) is 0.547. The van der Waals surface area contributed by atoms with Gasteiger partial charge < -0.3 is 15.0 Å². The fraction of sp³-hybridized carbons (Fsp3) is 0.190. The smallest absolute Gasteiger partial charge is 0.227 e. The molecule has 150 valence electrons. The van der Waals surface area contributed by atoms with E-state index in [0.717, 1.165) is 48.9 Å². The van der Waals surface area contributed by atoms with Crippen LogP contribution in [0.2, 0.25) is 0 Å². The number of hydrogen-bond donors (Lipinski definition) is 1. The third-order valence-electron chi connectivity index (χ3n) is 4.88. The topological polar surface area (TPSA) is 93.9 Å². The largest absolute Gasteiger partial charge is 0.378 e. The summed E-state index contributed by atoms with van der Waals surface area (Å²) in [6.45, 7) is 3.33. The van der Waals surface area contributed by atoms with Crippen LogP contribution in [0.5, 0.6) is 0 Å². The first-order valence-electron chi connectivity index (χ1n) is 9.72. The molecule has 0 aliphatic carbocycles. The molecule has 1 fully saturated rings. The number of ether oxygens (including phenoxy) is 1. The molecule has 4 aromatic rings. The molecule has 0 radical (unpaired) electrons. The van der Waals surface area contributed by atoms with E-state index in [1.807, 2.05) is 30.3 Å². The van der Waals surface area contributed by atoms with E-state index in [-0.39, 0.29) is 0 Å². The lowest BCUT2D eigenvalue weighted by Gasteiger charge is -2.29. The van der Waals surface area contributed by atoms with Gasteiger partial charge in [-0.05, 0) is 47.7 Å². The number of rotatable bonds is 5. The highest BCUT2D eigenvalue weighted by molar-refractivity contribution is 5.67. The summed E-state index contributed by atoms with van der Waals surface area (Å²) in [4.78, 5) is 12.8. The molecule has 1 aliphatic heterocycles. The lowest BCUT2D eigenvalue weighted by atomic mass is 10.1. The predicted molar refractivity (Wildman–Crippen MR) is 113 cm³/mol. The van der Waals surface area contributed by atoms with Crippen LogP contribution < -0.4 is 10.2 Å². The Bertz CT molecular complexity index is 1110. The average Bonchev–Trinajstić information content (AvgIpc) is 3.36. The van der Waals surface area contributed by atoms with Crippen LogP contribution >= 0.6 is 0 Å². The molecule has 1 N–H and O–H groups in total. The number of aromatic nitrogens is 6.